The van der Waals surface area contributed by atoms with Crippen LogP contribution in [0.1, 0.15) is 45.4 Å². The summed E-state index contributed by atoms with van der Waals surface area (Å²) in [6.45, 7) is 2.01. The summed E-state index contributed by atoms with van der Waals surface area (Å²) in [6.07, 6.45) is 7.04. The van der Waals surface area contributed by atoms with Crippen molar-refractivity contribution in [2.75, 3.05) is 7.11 Å². The molecule has 1 N–H and O–H groups in total. The number of aliphatic hydroxyl groups is 1. The van der Waals surface area contributed by atoms with Gasteiger partial charge in [0.15, 0.2) is 0 Å². The Labute approximate surface area is 81.3 Å². The van der Waals surface area contributed by atoms with Crippen LogP contribution in [0.3, 0.4) is 0 Å². The smallest absolute Gasteiger partial charge is 0.0858 e. The van der Waals surface area contributed by atoms with Gasteiger partial charge in [0.2, 0.25) is 0 Å². The van der Waals surface area contributed by atoms with Crippen LogP contribution in [-0.2, 0) is 4.74 Å². The molecule has 1 aliphatic rings. The highest BCUT2D eigenvalue weighted by Gasteiger charge is 2.28. The van der Waals surface area contributed by atoms with Gasteiger partial charge in [-0.15, -0.1) is 0 Å². The molecule has 0 aromatic heterocycles. The van der Waals surface area contributed by atoms with E-state index in [1.165, 1.54) is 32.1 Å². The van der Waals surface area contributed by atoms with Crippen LogP contribution in [0.4, 0.5) is 0 Å². The second kappa shape index (κ2) is 5.61. The molecule has 0 radical (unpaired) electrons. The van der Waals surface area contributed by atoms with Crippen molar-refractivity contribution in [3.05, 3.63) is 0 Å². The number of methoxy groups -OCH3 is 1. The molecule has 2 unspecified atom stereocenters. The number of rotatable bonds is 4. The van der Waals surface area contributed by atoms with E-state index < -0.39 is 0 Å². The van der Waals surface area contributed by atoms with E-state index in [1.807, 2.05) is 6.92 Å². The lowest BCUT2D eigenvalue weighted by molar-refractivity contribution is -0.0551. The van der Waals surface area contributed by atoms with Crippen LogP contribution in [0, 0.1) is 5.92 Å². The zero-order valence-electron chi connectivity index (χ0n) is 8.83. The highest BCUT2D eigenvalue weighted by Crippen LogP contribution is 2.29. The van der Waals surface area contributed by atoms with Gasteiger partial charge >= 0.3 is 0 Å². The Morgan fingerprint density at radius 3 is 2.38 bits per heavy atom. The molecule has 0 heterocycles. The minimum absolute atomic E-state index is 0.0744. The normalized spacial score (nSPS) is 24.2. The molecular weight excluding hydrogens is 164 g/mol. The Hall–Kier alpha value is -0.0800. The molecule has 2 heteroatoms. The standard InChI is InChI=1S/C11H22O2/c1-3-10(12)11(13-2)9-7-5-4-6-8-9/h9-12H,3-8H2,1-2H3. The molecule has 2 atom stereocenters. The number of hydrogen-bond acceptors (Lipinski definition) is 2. The highest BCUT2D eigenvalue weighted by molar-refractivity contribution is 4.79. The fraction of sp³-hybridized carbons (Fsp3) is 1.00. The molecule has 1 saturated carbocycles. The first-order chi connectivity index (χ1) is 6.29. The predicted octanol–water partition coefficient (Wildman–Crippen LogP) is 2.35. The molecule has 2 nitrogen and oxygen atoms in total. The van der Waals surface area contributed by atoms with E-state index in [-0.39, 0.29) is 12.2 Å². The summed E-state index contributed by atoms with van der Waals surface area (Å²) in [5.74, 6) is 0.591. The molecule has 0 aromatic carbocycles. The lowest BCUT2D eigenvalue weighted by Crippen LogP contribution is -2.35. The number of hydrogen-bond donors (Lipinski definition) is 1. The Balaban J connectivity index is 2.43. The molecule has 78 valence electrons. The van der Waals surface area contributed by atoms with Crippen LogP contribution in [0.2, 0.25) is 0 Å². The fourth-order valence-corrected chi connectivity index (χ4v) is 2.36. The lowest BCUT2D eigenvalue weighted by atomic mass is 9.83. The summed E-state index contributed by atoms with van der Waals surface area (Å²) in [5, 5.41) is 9.74. The lowest BCUT2D eigenvalue weighted by Gasteiger charge is -2.31. The predicted molar refractivity (Wildman–Crippen MR) is 53.7 cm³/mol. The zero-order valence-corrected chi connectivity index (χ0v) is 8.83. The van der Waals surface area contributed by atoms with Crippen molar-refractivity contribution in [3.8, 4) is 0 Å². The molecule has 0 spiro atoms. The van der Waals surface area contributed by atoms with Gasteiger partial charge in [0.05, 0.1) is 12.2 Å². The van der Waals surface area contributed by atoms with Gasteiger partial charge in [0.25, 0.3) is 0 Å². The maximum atomic E-state index is 9.74. The van der Waals surface area contributed by atoms with Crippen LogP contribution in [0.5, 0.6) is 0 Å². The molecule has 1 aliphatic carbocycles. The first-order valence-corrected chi connectivity index (χ1v) is 5.50. The fourth-order valence-electron chi connectivity index (χ4n) is 2.36. The third kappa shape index (κ3) is 2.96. The third-order valence-electron chi connectivity index (χ3n) is 3.18. The topological polar surface area (TPSA) is 29.5 Å². The minimum Gasteiger partial charge on any atom is -0.390 e. The molecule has 1 rings (SSSR count). The first-order valence-electron chi connectivity index (χ1n) is 5.50. The average molecular weight is 186 g/mol. The van der Waals surface area contributed by atoms with E-state index in [0.717, 1.165) is 6.42 Å². The summed E-state index contributed by atoms with van der Waals surface area (Å²) < 4.78 is 5.39. The molecule has 0 bridgehead atoms. The molecular formula is C11H22O2. The van der Waals surface area contributed by atoms with Crippen molar-refractivity contribution >= 4 is 0 Å². The van der Waals surface area contributed by atoms with Crippen molar-refractivity contribution in [3.63, 3.8) is 0 Å². The SMILES string of the molecule is CCC(O)C(OC)C1CCCCC1. The Kier molecular flexibility index (Phi) is 4.74. The van der Waals surface area contributed by atoms with Gasteiger partial charge in [-0.05, 0) is 25.2 Å². The van der Waals surface area contributed by atoms with E-state index in [9.17, 15) is 5.11 Å². The highest BCUT2D eigenvalue weighted by atomic mass is 16.5. The van der Waals surface area contributed by atoms with E-state index in [0.29, 0.717) is 5.92 Å². The second-order valence-corrected chi connectivity index (χ2v) is 4.07. The Morgan fingerprint density at radius 2 is 1.92 bits per heavy atom. The van der Waals surface area contributed by atoms with E-state index in [1.54, 1.807) is 7.11 Å². The molecule has 13 heavy (non-hydrogen) atoms. The molecule has 0 aliphatic heterocycles. The first kappa shape index (κ1) is 11.0. The second-order valence-electron chi connectivity index (χ2n) is 4.07. The van der Waals surface area contributed by atoms with Gasteiger partial charge in [0, 0.05) is 7.11 Å². The summed E-state index contributed by atoms with van der Waals surface area (Å²) in [7, 11) is 1.72. The molecule has 0 amide bonds. The number of aliphatic hydroxyl groups excluding tert-OH is 1. The largest absolute Gasteiger partial charge is 0.390 e. The molecule has 0 aromatic rings. The minimum atomic E-state index is -0.270. The van der Waals surface area contributed by atoms with Crippen molar-refractivity contribution in [2.24, 2.45) is 5.92 Å². The Bertz CT molecular complexity index is 130. The van der Waals surface area contributed by atoms with Gasteiger partial charge in [-0.1, -0.05) is 26.2 Å². The number of ether oxygens (including phenoxy) is 1. The van der Waals surface area contributed by atoms with Crippen LogP contribution in [0.25, 0.3) is 0 Å². The Morgan fingerprint density at radius 1 is 1.31 bits per heavy atom. The maximum absolute atomic E-state index is 9.74. The van der Waals surface area contributed by atoms with Crippen LogP contribution in [-0.4, -0.2) is 24.4 Å². The van der Waals surface area contributed by atoms with Crippen LogP contribution in [0.15, 0.2) is 0 Å². The third-order valence-corrected chi connectivity index (χ3v) is 3.18. The summed E-state index contributed by atoms with van der Waals surface area (Å²) in [6, 6.07) is 0. The van der Waals surface area contributed by atoms with Gasteiger partial charge in [0.1, 0.15) is 0 Å². The van der Waals surface area contributed by atoms with Crippen LogP contribution < -0.4 is 0 Å². The molecule has 1 fully saturated rings. The quantitative estimate of drug-likeness (QED) is 0.730. The van der Waals surface area contributed by atoms with Gasteiger partial charge in [-0.25, -0.2) is 0 Å². The summed E-state index contributed by atoms with van der Waals surface area (Å²) in [4.78, 5) is 0. The van der Waals surface area contributed by atoms with E-state index in [4.69, 9.17) is 4.74 Å². The van der Waals surface area contributed by atoms with E-state index >= 15 is 0 Å². The van der Waals surface area contributed by atoms with Gasteiger partial charge in [-0.2, -0.15) is 0 Å². The average Bonchev–Trinajstić information content (AvgIpc) is 2.20. The monoisotopic (exact) mass is 186 g/mol. The van der Waals surface area contributed by atoms with Gasteiger partial charge < -0.3 is 9.84 Å². The molecule has 0 saturated heterocycles. The van der Waals surface area contributed by atoms with Crippen molar-refractivity contribution in [2.45, 2.75) is 57.7 Å². The summed E-state index contributed by atoms with van der Waals surface area (Å²) >= 11 is 0. The maximum Gasteiger partial charge on any atom is 0.0858 e. The summed E-state index contributed by atoms with van der Waals surface area (Å²) in [5.41, 5.74) is 0. The van der Waals surface area contributed by atoms with Gasteiger partial charge in [-0.3, -0.25) is 0 Å². The van der Waals surface area contributed by atoms with Crippen LogP contribution >= 0.6 is 0 Å². The van der Waals surface area contributed by atoms with Crippen molar-refractivity contribution < 1.29 is 9.84 Å². The zero-order chi connectivity index (χ0) is 9.68. The van der Waals surface area contributed by atoms with Crippen molar-refractivity contribution in [1.82, 2.24) is 0 Å². The van der Waals surface area contributed by atoms with E-state index in [2.05, 4.69) is 0 Å². The van der Waals surface area contributed by atoms with Crippen molar-refractivity contribution in [1.29, 1.82) is 0 Å².